The van der Waals surface area contributed by atoms with E-state index < -0.39 is 10.0 Å². The number of sulfonamides is 1. The molecule has 0 atom stereocenters. The van der Waals surface area contributed by atoms with Crippen molar-refractivity contribution in [3.8, 4) is 0 Å². The SMILES string of the molecule is C=C(NOCc1cccc2ccccc12)c1ccc(S(=O)(=O)N(C)C)cc1. The molecule has 3 aromatic rings. The maximum atomic E-state index is 12.1. The molecule has 1 N–H and O–H groups in total. The van der Waals surface area contributed by atoms with Gasteiger partial charge in [-0.3, -0.25) is 10.3 Å². The molecular formula is C21H22N2O3S. The van der Waals surface area contributed by atoms with Crippen LogP contribution in [0.15, 0.2) is 78.2 Å². The number of nitrogens with one attached hydrogen (secondary N) is 1. The van der Waals surface area contributed by atoms with Crippen molar-refractivity contribution >= 4 is 26.5 Å². The highest BCUT2D eigenvalue weighted by atomic mass is 32.2. The van der Waals surface area contributed by atoms with Crippen molar-refractivity contribution in [2.45, 2.75) is 11.5 Å². The number of hydrogen-bond donors (Lipinski definition) is 1. The number of hydrogen-bond acceptors (Lipinski definition) is 4. The monoisotopic (exact) mass is 382 g/mol. The summed E-state index contributed by atoms with van der Waals surface area (Å²) in [6.07, 6.45) is 0. The van der Waals surface area contributed by atoms with Crippen LogP contribution in [0, 0.1) is 0 Å². The first-order chi connectivity index (χ1) is 12.9. The Balaban J connectivity index is 1.64. The molecule has 140 valence electrons. The molecule has 6 heteroatoms. The summed E-state index contributed by atoms with van der Waals surface area (Å²) in [4.78, 5) is 5.84. The van der Waals surface area contributed by atoms with E-state index in [9.17, 15) is 8.42 Å². The van der Waals surface area contributed by atoms with E-state index >= 15 is 0 Å². The van der Waals surface area contributed by atoms with Crippen LogP contribution in [0.1, 0.15) is 11.1 Å². The van der Waals surface area contributed by atoms with Crippen molar-refractivity contribution < 1.29 is 13.3 Å². The molecule has 0 saturated carbocycles. The third-order valence-electron chi connectivity index (χ3n) is 4.28. The highest BCUT2D eigenvalue weighted by molar-refractivity contribution is 7.89. The van der Waals surface area contributed by atoms with E-state index in [0.29, 0.717) is 12.3 Å². The van der Waals surface area contributed by atoms with Crippen molar-refractivity contribution in [1.29, 1.82) is 0 Å². The van der Waals surface area contributed by atoms with E-state index in [0.717, 1.165) is 21.9 Å². The number of fused-ring (bicyclic) bond motifs is 1. The number of nitrogens with zero attached hydrogens (tertiary/aromatic N) is 1. The first-order valence-corrected chi connectivity index (χ1v) is 9.90. The van der Waals surface area contributed by atoms with Crippen molar-refractivity contribution in [3.63, 3.8) is 0 Å². The Morgan fingerprint density at radius 3 is 2.37 bits per heavy atom. The van der Waals surface area contributed by atoms with Gasteiger partial charge in [0.2, 0.25) is 10.0 Å². The van der Waals surface area contributed by atoms with Crippen LogP contribution >= 0.6 is 0 Å². The van der Waals surface area contributed by atoms with E-state index in [1.807, 2.05) is 24.3 Å². The van der Waals surface area contributed by atoms with E-state index in [2.05, 4.69) is 30.3 Å². The Bertz CT molecular complexity index is 1050. The summed E-state index contributed by atoms with van der Waals surface area (Å²) >= 11 is 0. The second kappa shape index (κ2) is 7.92. The van der Waals surface area contributed by atoms with Gasteiger partial charge in [0.05, 0.1) is 10.6 Å². The summed E-state index contributed by atoms with van der Waals surface area (Å²) in [5.74, 6) is 0. The molecule has 0 fully saturated rings. The average Bonchev–Trinajstić information content (AvgIpc) is 2.68. The zero-order chi connectivity index (χ0) is 19.4. The van der Waals surface area contributed by atoms with Crippen molar-refractivity contribution in [2.24, 2.45) is 0 Å². The fourth-order valence-corrected chi connectivity index (χ4v) is 3.62. The fourth-order valence-electron chi connectivity index (χ4n) is 2.72. The van der Waals surface area contributed by atoms with Gasteiger partial charge < -0.3 is 0 Å². The van der Waals surface area contributed by atoms with Crippen LogP contribution in [0.4, 0.5) is 0 Å². The molecular weight excluding hydrogens is 360 g/mol. The van der Waals surface area contributed by atoms with Gasteiger partial charge in [-0.25, -0.2) is 12.7 Å². The molecule has 3 aromatic carbocycles. The number of benzene rings is 3. The zero-order valence-electron chi connectivity index (χ0n) is 15.3. The first-order valence-electron chi connectivity index (χ1n) is 8.46. The van der Waals surface area contributed by atoms with Crippen molar-refractivity contribution in [1.82, 2.24) is 9.79 Å². The molecule has 0 aliphatic carbocycles. The lowest BCUT2D eigenvalue weighted by molar-refractivity contribution is 0.0655. The van der Waals surface area contributed by atoms with Crippen molar-refractivity contribution in [2.75, 3.05) is 14.1 Å². The second-order valence-electron chi connectivity index (χ2n) is 6.32. The number of rotatable bonds is 7. The van der Waals surface area contributed by atoms with Crippen LogP contribution in [-0.4, -0.2) is 26.8 Å². The fraction of sp³-hybridized carbons (Fsp3) is 0.143. The molecule has 0 amide bonds. The standard InChI is InChI=1S/C21H22N2O3S/c1-16(17-11-13-20(14-12-17)27(24,25)23(2)3)22-26-15-19-9-6-8-18-7-4-5-10-21(18)19/h4-14,22H,1,15H2,2-3H3. The minimum atomic E-state index is -3.44. The van der Waals surface area contributed by atoms with Gasteiger partial charge in [0.25, 0.3) is 0 Å². The molecule has 3 rings (SSSR count). The molecule has 0 spiro atoms. The smallest absolute Gasteiger partial charge is 0.242 e. The lowest BCUT2D eigenvalue weighted by Crippen LogP contribution is -2.22. The first kappa shape index (κ1) is 19.1. The molecule has 0 saturated heterocycles. The topological polar surface area (TPSA) is 58.6 Å². The zero-order valence-corrected chi connectivity index (χ0v) is 16.2. The lowest BCUT2D eigenvalue weighted by Gasteiger charge is -2.13. The van der Waals surface area contributed by atoms with Crippen LogP contribution in [0.2, 0.25) is 0 Å². The van der Waals surface area contributed by atoms with Gasteiger partial charge in [0.15, 0.2) is 0 Å². The Kier molecular flexibility index (Phi) is 5.60. The Morgan fingerprint density at radius 1 is 1.00 bits per heavy atom. The van der Waals surface area contributed by atoms with Gasteiger partial charge in [0, 0.05) is 14.1 Å². The van der Waals surface area contributed by atoms with Crippen molar-refractivity contribution in [3.05, 3.63) is 84.4 Å². The predicted octanol–water partition coefficient (Wildman–Crippen LogP) is 3.78. The molecule has 0 aliphatic heterocycles. The summed E-state index contributed by atoms with van der Waals surface area (Å²) in [5.41, 5.74) is 5.22. The lowest BCUT2D eigenvalue weighted by atomic mass is 10.1. The Morgan fingerprint density at radius 2 is 1.67 bits per heavy atom. The van der Waals surface area contributed by atoms with Gasteiger partial charge in [0.1, 0.15) is 6.61 Å². The van der Waals surface area contributed by atoms with E-state index in [4.69, 9.17) is 4.84 Å². The molecule has 0 bridgehead atoms. The summed E-state index contributed by atoms with van der Waals surface area (Å²) in [5, 5.41) is 2.31. The molecule has 0 aliphatic rings. The summed E-state index contributed by atoms with van der Waals surface area (Å²) in [7, 11) is -0.431. The summed E-state index contributed by atoms with van der Waals surface area (Å²) < 4.78 is 25.4. The highest BCUT2D eigenvalue weighted by Gasteiger charge is 2.16. The van der Waals surface area contributed by atoms with Gasteiger partial charge >= 0.3 is 0 Å². The maximum Gasteiger partial charge on any atom is 0.242 e. The third kappa shape index (κ3) is 4.19. The normalized spacial score (nSPS) is 11.7. The van der Waals surface area contributed by atoms with Crippen LogP contribution in [-0.2, 0) is 21.5 Å². The molecule has 0 aromatic heterocycles. The van der Waals surface area contributed by atoms with Gasteiger partial charge in [-0.15, -0.1) is 0 Å². The van der Waals surface area contributed by atoms with E-state index in [-0.39, 0.29) is 4.90 Å². The highest BCUT2D eigenvalue weighted by Crippen LogP contribution is 2.20. The van der Waals surface area contributed by atoms with Crippen LogP contribution in [0.25, 0.3) is 16.5 Å². The van der Waals surface area contributed by atoms with Gasteiger partial charge in [-0.2, -0.15) is 0 Å². The van der Waals surface area contributed by atoms with Gasteiger partial charge in [-0.1, -0.05) is 61.2 Å². The quantitative estimate of drug-likeness (QED) is 0.632. The van der Waals surface area contributed by atoms with E-state index in [1.54, 1.807) is 24.3 Å². The van der Waals surface area contributed by atoms with Crippen LogP contribution in [0.5, 0.6) is 0 Å². The predicted molar refractivity (Wildman–Crippen MR) is 108 cm³/mol. The third-order valence-corrected chi connectivity index (χ3v) is 6.11. The molecule has 27 heavy (non-hydrogen) atoms. The minimum absolute atomic E-state index is 0.237. The van der Waals surface area contributed by atoms with Crippen LogP contribution in [0.3, 0.4) is 0 Å². The molecule has 0 radical (unpaired) electrons. The molecule has 0 unspecified atom stereocenters. The molecule has 0 heterocycles. The Labute approximate surface area is 159 Å². The average molecular weight is 382 g/mol. The summed E-state index contributed by atoms with van der Waals surface area (Å²) in [6, 6.07) is 20.7. The second-order valence-corrected chi connectivity index (χ2v) is 8.47. The molecule has 5 nitrogen and oxygen atoms in total. The number of hydroxylamine groups is 1. The van der Waals surface area contributed by atoms with Crippen LogP contribution < -0.4 is 5.48 Å². The largest absolute Gasteiger partial charge is 0.271 e. The summed E-state index contributed by atoms with van der Waals surface area (Å²) in [6.45, 7) is 4.33. The minimum Gasteiger partial charge on any atom is -0.271 e. The van der Waals surface area contributed by atoms with Gasteiger partial charge in [-0.05, 0) is 34.0 Å². The maximum absolute atomic E-state index is 12.1. The Hall–Kier alpha value is -2.67. The van der Waals surface area contributed by atoms with E-state index in [1.165, 1.54) is 18.4 Å².